The number of carbonyl (C=O) groups excluding carboxylic acids is 2. The van der Waals surface area contributed by atoms with Crippen molar-refractivity contribution >= 4 is 17.5 Å². The lowest BCUT2D eigenvalue weighted by atomic mass is 9.92. The van der Waals surface area contributed by atoms with Crippen LogP contribution >= 0.6 is 0 Å². The minimum Gasteiger partial charge on any atom is -0.347 e. The van der Waals surface area contributed by atoms with Gasteiger partial charge in [-0.3, -0.25) is 14.7 Å². The van der Waals surface area contributed by atoms with Crippen LogP contribution in [0.4, 0.5) is 5.69 Å². The van der Waals surface area contributed by atoms with Crippen molar-refractivity contribution in [2.75, 3.05) is 11.9 Å². The van der Waals surface area contributed by atoms with Crippen molar-refractivity contribution < 1.29 is 9.59 Å². The zero-order chi connectivity index (χ0) is 18.4. The molecule has 1 aromatic heterocycles. The molecule has 8 nitrogen and oxygen atoms in total. The van der Waals surface area contributed by atoms with Crippen molar-refractivity contribution in [2.24, 2.45) is 11.1 Å². The van der Waals surface area contributed by atoms with Crippen molar-refractivity contribution in [3.05, 3.63) is 30.1 Å². The normalized spacial score (nSPS) is 11.2. The van der Waals surface area contributed by atoms with E-state index in [0.717, 1.165) is 5.56 Å². The van der Waals surface area contributed by atoms with Gasteiger partial charge in [-0.25, -0.2) is 4.98 Å². The number of nitrogens with one attached hydrogen (secondary N) is 3. The van der Waals surface area contributed by atoms with Gasteiger partial charge >= 0.3 is 0 Å². The molecule has 0 fully saturated rings. The van der Waals surface area contributed by atoms with Crippen LogP contribution in [0.3, 0.4) is 0 Å². The van der Waals surface area contributed by atoms with Crippen molar-refractivity contribution in [3.8, 4) is 11.4 Å². The third-order valence-corrected chi connectivity index (χ3v) is 3.29. The highest BCUT2D eigenvalue weighted by Gasteiger charge is 2.16. The Morgan fingerprint density at radius 1 is 1.16 bits per heavy atom. The maximum atomic E-state index is 11.9. The Labute approximate surface area is 146 Å². The number of aromatic amines is 1. The number of carbonyl (C=O) groups is 2. The minimum atomic E-state index is -0.279. The zero-order valence-corrected chi connectivity index (χ0v) is 14.7. The lowest BCUT2D eigenvalue weighted by Gasteiger charge is -2.17. The topological polar surface area (TPSA) is 126 Å². The number of anilines is 1. The van der Waals surface area contributed by atoms with Crippen LogP contribution in [-0.4, -0.2) is 33.5 Å². The van der Waals surface area contributed by atoms with E-state index in [1.165, 1.54) is 0 Å². The second kappa shape index (κ2) is 7.89. The fourth-order valence-electron chi connectivity index (χ4n) is 2.15. The molecule has 0 bridgehead atoms. The molecule has 0 aliphatic carbocycles. The average molecular weight is 344 g/mol. The second-order valence-electron chi connectivity index (χ2n) is 6.95. The number of aromatic nitrogens is 3. The third kappa shape index (κ3) is 6.00. The van der Waals surface area contributed by atoms with E-state index in [4.69, 9.17) is 5.73 Å². The lowest BCUT2D eigenvalue weighted by molar-refractivity contribution is -0.125. The highest BCUT2D eigenvalue weighted by Crippen LogP contribution is 2.18. The summed E-state index contributed by atoms with van der Waals surface area (Å²) in [7, 11) is 0. The number of benzene rings is 1. The first-order valence-corrected chi connectivity index (χ1v) is 8.05. The molecule has 2 rings (SSSR count). The standard InChI is InChI=1S/C17H24N6O2/c1-17(2,3)8-14(24)19-10-15(25)20-12-6-4-11(5-7-12)16-21-13(9-18)22-23-16/h4-7H,8-10,18H2,1-3H3,(H,19,24)(H,20,25)(H,21,22,23). The van der Waals surface area contributed by atoms with Crippen molar-refractivity contribution in [3.63, 3.8) is 0 Å². The van der Waals surface area contributed by atoms with Gasteiger partial charge in [-0.15, -0.1) is 0 Å². The number of H-pyrrole nitrogens is 1. The van der Waals surface area contributed by atoms with Crippen LogP contribution in [0.1, 0.15) is 33.0 Å². The molecular weight excluding hydrogens is 320 g/mol. The van der Waals surface area contributed by atoms with Gasteiger partial charge in [0.2, 0.25) is 11.8 Å². The van der Waals surface area contributed by atoms with Gasteiger partial charge in [0.05, 0.1) is 13.1 Å². The molecule has 0 unspecified atom stereocenters. The van der Waals surface area contributed by atoms with Gasteiger partial charge in [0.1, 0.15) is 5.82 Å². The van der Waals surface area contributed by atoms with Crippen LogP contribution in [0.25, 0.3) is 11.4 Å². The Hall–Kier alpha value is -2.74. The maximum Gasteiger partial charge on any atom is 0.243 e. The third-order valence-electron chi connectivity index (χ3n) is 3.29. The molecule has 2 amide bonds. The second-order valence-corrected chi connectivity index (χ2v) is 6.95. The van der Waals surface area contributed by atoms with Gasteiger partial charge in [-0.2, -0.15) is 5.10 Å². The Balaban J connectivity index is 1.86. The smallest absolute Gasteiger partial charge is 0.243 e. The summed E-state index contributed by atoms with van der Waals surface area (Å²) in [6.07, 6.45) is 0.371. The van der Waals surface area contributed by atoms with Gasteiger partial charge in [0.25, 0.3) is 0 Å². The van der Waals surface area contributed by atoms with E-state index in [1.54, 1.807) is 24.3 Å². The highest BCUT2D eigenvalue weighted by molar-refractivity contribution is 5.94. The molecule has 0 saturated carbocycles. The predicted octanol–water partition coefficient (Wildman–Crippen LogP) is 1.42. The monoisotopic (exact) mass is 344 g/mol. The Bertz CT molecular complexity index is 730. The number of hydrogen-bond donors (Lipinski definition) is 4. The molecule has 25 heavy (non-hydrogen) atoms. The van der Waals surface area contributed by atoms with E-state index in [9.17, 15) is 9.59 Å². The summed E-state index contributed by atoms with van der Waals surface area (Å²) in [6, 6.07) is 7.11. The van der Waals surface area contributed by atoms with Crippen LogP contribution in [0.5, 0.6) is 0 Å². The first-order valence-electron chi connectivity index (χ1n) is 8.05. The molecule has 0 saturated heterocycles. The number of nitrogens with zero attached hydrogens (tertiary/aromatic N) is 2. The van der Waals surface area contributed by atoms with Gasteiger partial charge in [0.15, 0.2) is 5.82 Å². The Morgan fingerprint density at radius 3 is 2.40 bits per heavy atom. The highest BCUT2D eigenvalue weighted by atomic mass is 16.2. The molecule has 0 atom stereocenters. The largest absolute Gasteiger partial charge is 0.347 e. The Kier molecular flexibility index (Phi) is 5.87. The van der Waals surface area contributed by atoms with E-state index in [-0.39, 0.29) is 23.8 Å². The summed E-state index contributed by atoms with van der Waals surface area (Å²) < 4.78 is 0. The first-order chi connectivity index (χ1) is 11.8. The van der Waals surface area contributed by atoms with E-state index >= 15 is 0 Å². The number of rotatable bonds is 6. The molecule has 0 aliphatic rings. The molecule has 2 aromatic rings. The predicted molar refractivity (Wildman–Crippen MR) is 95.4 cm³/mol. The first kappa shape index (κ1) is 18.6. The molecule has 1 heterocycles. The number of hydrogen-bond acceptors (Lipinski definition) is 5. The van der Waals surface area contributed by atoms with Crippen LogP contribution in [-0.2, 0) is 16.1 Å². The van der Waals surface area contributed by atoms with Crippen molar-refractivity contribution in [1.82, 2.24) is 20.5 Å². The van der Waals surface area contributed by atoms with Crippen LogP contribution in [0.2, 0.25) is 0 Å². The van der Waals surface area contributed by atoms with E-state index in [0.29, 0.717) is 30.3 Å². The van der Waals surface area contributed by atoms with Gasteiger partial charge in [0, 0.05) is 17.7 Å². The van der Waals surface area contributed by atoms with Gasteiger partial charge < -0.3 is 16.4 Å². The lowest BCUT2D eigenvalue weighted by Crippen LogP contribution is -2.34. The average Bonchev–Trinajstić information content (AvgIpc) is 3.01. The summed E-state index contributed by atoms with van der Waals surface area (Å²) in [6.45, 7) is 6.15. The molecule has 1 aromatic carbocycles. The minimum absolute atomic E-state index is 0.0581. The SMILES string of the molecule is CC(C)(C)CC(=O)NCC(=O)Nc1ccc(-c2n[nH]c(CN)n2)cc1. The number of amides is 2. The van der Waals surface area contributed by atoms with Gasteiger partial charge in [-0.05, 0) is 29.7 Å². The maximum absolute atomic E-state index is 11.9. The summed E-state index contributed by atoms with van der Waals surface area (Å²) in [4.78, 5) is 27.9. The summed E-state index contributed by atoms with van der Waals surface area (Å²) >= 11 is 0. The molecule has 0 radical (unpaired) electrons. The molecule has 8 heteroatoms. The molecule has 5 N–H and O–H groups in total. The van der Waals surface area contributed by atoms with Crippen molar-refractivity contribution in [2.45, 2.75) is 33.7 Å². The molecule has 134 valence electrons. The fourth-order valence-corrected chi connectivity index (χ4v) is 2.15. The molecule has 0 spiro atoms. The van der Waals surface area contributed by atoms with E-state index in [2.05, 4.69) is 25.8 Å². The molecular formula is C17H24N6O2. The number of nitrogens with two attached hydrogens (primary N) is 1. The van der Waals surface area contributed by atoms with E-state index in [1.807, 2.05) is 20.8 Å². The summed E-state index contributed by atoms with van der Waals surface area (Å²) in [5.41, 5.74) is 6.83. The zero-order valence-electron chi connectivity index (χ0n) is 14.7. The quantitative estimate of drug-likeness (QED) is 0.630. The van der Waals surface area contributed by atoms with Crippen LogP contribution in [0, 0.1) is 5.41 Å². The Morgan fingerprint density at radius 2 is 1.84 bits per heavy atom. The van der Waals surface area contributed by atoms with Crippen LogP contribution in [0.15, 0.2) is 24.3 Å². The van der Waals surface area contributed by atoms with Crippen molar-refractivity contribution in [1.29, 1.82) is 0 Å². The fraction of sp³-hybridized carbons (Fsp3) is 0.412. The van der Waals surface area contributed by atoms with Crippen LogP contribution < -0.4 is 16.4 Å². The summed E-state index contributed by atoms with van der Waals surface area (Å²) in [5, 5.41) is 12.2. The molecule has 0 aliphatic heterocycles. The van der Waals surface area contributed by atoms with E-state index < -0.39 is 0 Å². The summed E-state index contributed by atoms with van der Waals surface area (Å²) in [5.74, 6) is 0.739. The van der Waals surface area contributed by atoms with Gasteiger partial charge in [-0.1, -0.05) is 20.8 Å².